The predicted molar refractivity (Wildman–Crippen MR) is 72.8 cm³/mol. The molecule has 0 N–H and O–H groups in total. The van der Waals surface area contributed by atoms with Crippen molar-refractivity contribution in [2.75, 3.05) is 0 Å². The van der Waals surface area contributed by atoms with Gasteiger partial charge in [-0.25, -0.2) is 0 Å². The Labute approximate surface area is 115 Å². The van der Waals surface area contributed by atoms with Crippen LogP contribution in [0.5, 0.6) is 0 Å². The van der Waals surface area contributed by atoms with Crippen LogP contribution in [0.2, 0.25) is 5.02 Å². The van der Waals surface area contributed by atoms with Crippen molar-refractivity contribution in [1.29, 1.82) is 0 Å². The fourth-order valence-electron chi connectivity index (χ4n) is 1.09. The number of furan rings is 1. The van der Waals surface area contributed by atoms with Crippen molar-refractivity contribution < 1.29 is 4.42 Å². The predicted octanol–water partition coefficient (Wildman–Crippen LogP) is 5.21. The van der Waals surface area contributed by atoms with E-state index < -0.39 is 0 Å². The molecule has 0 fully saturated rings. The summed E-state index contributed by atoms with van der Waals surface area (Å²) in [7, 11) is 0. The molecule has 0 spiro atoms. The number of nitrogens with zero attached hydrogens (tertiary/aromatic N) is 1. The maximum atomic E-state index is 5.77. The summed E-state index contributed by atoms with van der Waals surface area (Å²) < 4.78 is 6.88. The summed E-state index contributed by atoms with van der Waals surface area (Å²) in [4.78, 5) is 4.25. The fraction of sp³-hybridized carbons (Fsp3) is 0. The lowest BCUT2D eigenvalue weighted by Gasteiger charge is -1.92. The Morgan fingerprint density at radius 1 is 1.19 bits per heavy atom. The van der Waals surface area contributed by atoms with Gasteiger partial charge in [0.05, 0.1) is 16.4 Å². The first kappa shape index (κ1) is 11.9. The molecule has 0 radical (unpaired) electrons. The molecule has 5 heteroatoms. The number of hydrogen-bond acceptors (Lipinski definition) is 2. The van der Waals surface area contributed by atoms with Crippen LogP contribution < -0.4 is 0 Å². The van der Waals surface area contributed by atoms with Crippen LogP contribution in [0.25, 0.3) is 0 Å². The number of aliphatic imine (C=N–C) groups is 1. The van der Waals surface area contributed by atoms with Gasteiger partial charge in [0.25, 0.3) is 0 Å². The lowest BCUT2D eigenvalue weighted by molar-refractivity contribution is 0.533. The highest BCUT2D eigenvalue weighted by atomic mass is 79.9. The normalized spacial score (nSPS) is 11.2. The van der Waals surface area contributed by atoms with Crippen molar-refractivity contribution in [3.63, 3.8) is 0 Å². The van der Waals surface area contributed by atoms with E-state index in [2.05, 4.69) is 36.9 Å². The Bertz CT molecular complexity index is 500. The fourth-order valence-corrected chi connectivity index (χ4v) is 1.83. The maximum Gasteiger partial charge on any atom is 0.184 e. The second kappa shape index (κ2) is 5.17. The second-order valence-electron chi connectivity index (χ2n) is 3.01. The van der Waals surface area contributed by atoms with Crippen LogP contribution in [0.1, 0.15) is 5.76 Å². The molecule has 0 amide bonds. The minimum atomic E-state index is 0.657. The Kier molecular flexibility index (Phi) is 3.84. The molecule has 1 heterocycles. The van der Waals surface area contributed by atoms with Gasteiger partial charge in [-0.2, -0.15) is 0 Å². The molecule has 2 rings (SSSR count). The van der Waals surface area contributed by atoms with Gasteiger partial charge in [0, 0.05) is 11.1 Å². The average molecular weight is 363 g/mol. The van der Waals surface area contributed by atoms with Crippen LogP contribution in [-0.4, -0.2) is 6.21 Å². The topological polar surface area (TPSA) is 25.5 Å². The van der Waals surface area contributed by atoms with E-state index in [1.807, 2.05) is 18.2 Å². The molecular weight excluding hydrogens is 357 g/mol. The minimum absolute atomic E-state index is 0.657. The monoisotopic (exact) mass is 361 g/mol. The van der Waals surface area contributed by atoms with E-state index in [4.69, 9.17) is 16.0 Å². The molecule has 82 valence electrons. The van der Waals surface area contributed by atoms with Crippen molar-refractivity contribution in [2.45, 2.75) is 0 Å². The smallest absolute Gasteiger partial charge is 0.184 e. The van der Waals surface area contributed by atoms with Crippen LogP contribution in [0.15, 0.2) is 48.9 Å². The molecular formula is C11H6Br2ClNO. The quantitative estimate of drug-likeness (QED) is 0.673. The Hall–Kier alpha value is -0.580. The highest BCUT2D eigenvalue weighted by Gasteiger charge is 2.03. The molecule has 0 aliphatic rings. The summed E-state index contributed by atoms with van der Waals surface area (Å²) in [6.07, 6.45) is 1.65. The van der Waals surface area contributed by atoms with Crippen molar-refractivity contribution in [3.05, 3.63) is 50.3 Å². The van der Waals surface area contributed by atoms with Crippen LogP contribution in [0.4, 0.5) is 5.69 Å². The molecule has 0 saturated carbocycles. The molecule has 0 bridgehead atoms. The van der Waals surface area contributed by atoms with E-state index in [9.17, 15) is 0 Å². The van der Waals surface area contributed by atoms with Crippen LogP contribution in [0, 0.1) is 0 Å². The lowest BCUT2D eigenvalue weighted by atomic mass is 10.3. The molecule has 0 aliphatic heterocycles. The summed E-state index contributed by atoms with van der Waals surface area (Å²) in [6, 6.07) is 9.10. The average Bonchev–Trinajstić information content (AvgIpc) is 2.58. The zero-order chi connectivity index (χ0) is 11.5. The zero-order valence-corrected chi connectivity index (χ0v) is 11.9. The Morgan fingerprint density at radius 2 is 1.88 bits per heavy atom. The van der Waals surface area contributed by atoms with Gasteiger partial charge in [-0.05, 0) is 56.1 Å². The number of halogens is 3. The zero-order valence-electron chi connectivity index (χ0n) is 7.95. The first-order chi connectivity index (χ1) is 7.65. The molecule has 0 unspecified atom stereocenters. The summed E-state index contributed by atoms with van der Waals surface area (Å²) in [5.74, 6) is 0.675. The van der Waals surface area contributed by atoms with Gasteiger partial charge >= 0.3 is 0 Å². The van der Waals surface area contributed by atoms with Gasteiger partial charge in [0.1, 0.15) is 5.76 Å². The van der Waals surface area contributed by atoms with Gasteiger partial charge in [0.2, 0.25) is 0 Å². The van der Waals surface area contributed by atoms with E-state index >= 15 is 0 Å². The van der Waals surface area contributed by atoms with Crippen LogP contribution in [-0.2, 0) is 0 Å². The molecule has 2 nitrogen and oxygen atoms in total. The molecule has 16 heavy (non-hydrogen) atoms. The first-order valence-electron chi connectivity index (χ1n) is 4.39. The number of benzene rings is 1. The van der Waals surface area contributed by atoms with Crippen molar-refractivity contribution in [2.24, 2.45) is 4.99 Å². The van der Waals surface area contributed by atoms with Gasteiger partial charge in [-0.1, -0.05) is 11.6 Å². The molecule has 2 aromatic rings. The molecule has 0 aliphatic carbocycles. The standard InChI is InChI=1S/C11H6Br2ClNO/c12-10-5-9(16-11(10)13)6-15-8-3-1-7(14)2-4-8/h1-6H. The van der Waals surface area contributed by atoms with Gasteiger partial charge in [-0.3, -0.25) is 4.99 Å². The highest BCUT2D eigenvalue weighted by molar-refractivity contribution is 9.13. The summed E-state index contributed by atoms with van der Waals surface area (Å²) in [5.41, 5.74) is 0.827. The summed E-state index contributed by atoms with van der Waals surface area (Å²) in [6.45, 7) is 0. The molecule has 1 aromatic carbocycles. The third-order valence-electron chi connectivity index (χ3n) is 1.83. The first-order valence-corrected chi connectivity index (χ1v) is 6.36. The SMILES string of the molecule is Clc1ccc(N=Cc2cc(Br)c(Br)o2)cc1. The van der Waals surface area contributed by atoms with Crippen LogP contribution >= 0.6 is 43.5 Å². The molecule has 0 saturated heterocycles. The Balaban J connectivity index is 2.17. The minimum Gasteiger partial charge on any atom is -0.447 e. The van der Waals surface area contributed by atoms with Crippen molar-refractivity contribution in [1.82, 2.24) is 0 Å². The third-order valence-corrected chi connectivity index (χ3v) is 3.79. The Morgan fingerprint density at radius 3 is 2.44 bits per heavy atom. The van der Waals surface area contributed by atoms with E-state index in [0.717, 1.165) is 10.2 Å². The van der Waals surface area contributed by atoms with E-state index in [1.165, 1.54) is 0 Å². The lowest BCUT2D eigenvalue weighted by Crippen LogP contribution is -1.73. The van der Waals surface area contributed by atoms with E-state index in [-0.39, 0.29) is 0 Å². The van der Waals surface area contributed by atoms with Crippen molar-refractivity contribution >= 4 is 55.4 Å². The highest BCUT2D eigenvalue weighted by Crippen LogP contribution is 2.26. The largest absolute Gasteiger partial charge is 0.447 e. The van der Waals surface area contributed by atoms with Gasteiger partial charge in [-0.15, -0.1) is 0 Å². The third kappa shape index (κ3) is 2.97. The summed E-state index contributed by atoms with van der Waals surface area (Å²) in [5, 5.41) is 0.697. The van der Waals surface area contributed by atoms with Crippen LogP contribution in [0.3, 0.4) is 0 Å². The molecule has 1 aromatic heterocycles. The van der Waals surface area contributed by atoms with Gasteiger partial charge in [0.15, 0.2) is 4.67 Å². The van der Waals surface area contributed by atoms with Crippen molar-refractivity contribution in [3.8, 4) is 0 Å². The number of hydrogen-bond donors (Lipinski definition) is 0. The summed E-state index contributed by atoms with van der Waals surface area (Å²) >= 11 is 12.4. The van der Waals surface area contributed by atoms with E-state index in [1.54, 1.807) is 18.3 Å². The maximum absolute atomic E-state index is 5.77. The second-order valence-corrected chi connectivity index (χ2v) is 5.02. The molecule has 0 atom stereocenters. The number of rotatable bonds is 2. The van der Waals surface area contributed by atoms with E-state index in [0.29, 0.717) is 15.5 Å². The van der Waals surface area contributed by atoms with Gasteiger partial charge < -0.3 is 4.42 Å².